The molecule has 0 saturated heterocycles. The lowest BCUT2D eigenvalue weighted by Gasteiger charge is -2.11. The summed E-state index contributed by atoms with van der Waals surface area (Å²) in [7, 11) is 0. The standard InChI is InChI=1S/C14H22N2O3.ClH/c1-3-18-12-4-6-13(7-5-12)19-10-14(17)16-9-11(2)8-15;/h4-7,11H,3,8-10,15H2,1-2H3,(H,16,17);1H. The van der Waals surface area contributed by atoms with Gasteiger partial charge in [0, 0.05) is 6.54 Å². The van der Waals surface area contributed by atoms with Gasteiger partial charge < -0.3 is 20.5 Å². The van der Waals surface area contributed by atoms with Crippen LogP contribution in [0.2, 0.25) is 0 Å². The fourth-order valence-electron chi connectivity index (χ4n) is 1.37. The lowest BCUT2D eigenvalue weighted by atomic mass is 10.2. The van der Waals surface area contributed by atoms with Crippen LogP contribution in [0.5, 0.6) is 11.5 Å². The van der Waals surface area contributed by atoms with Crippen LogP contribution in [0.3, 0.4) is 0 Å². The molecule has 0 bridgehead atoms. The lowest BCUT2D eigenvalue weighted by Crippen LogP contribution is -2.34. The van der Waals surface area contributed by atoms with Crippen molar-refractivity contribution in [3.05, 3.63) is 24.3 Å². The van der Waals surface area contributed by atoms with Crippen LogP contribution in [0.4, 0.5) is 0 Å². The van der Waals surface area contributed by atoms with Crippen molar-refractivity contribution >= 4 is 18.3 Å². The van der Waals surface area contributed by atoms with Gasteiger partial charge >= 0.3 is 0 Å². The van der Waals surface area contributed by atoms with Crippen molar-refractivity contribution in [3.63, 3.8) is 0 Å². The van der Waals surface area contributed by atoms with E-state index >= 15 is 0 Å². The Morgan fingerprint density at radius 1 is 1.25 bits per heavy atom. The fourth-order valence-corrected chi connectivity index (χ4v) is 1.37. The second-order valence-corrected chi connectivity index (χ2v) is 4.34. The van der Waals surface area contributed by atoms with Crippen molar-refractivity contribution in [1.29, 1.82) is 0 Å². The van der Waals surface area contributed by atoms with Gasteiger partial charge in [0.05, 0.1) is 6.61 Å². The number of amides is 1. The second kappa shape index (κ2) is 10.3. The Morgan fingerprint density at radius 3 is 2.30 bits per heavy atom. The van der Waals surface area contributed by atoms with Crippen molar-refractivity contribution in [1.82, 2.24) is 5.32 Å². The molecule has 1 aromatic rings. The first kappa shape index (κ1) is 18.5. The Hall–Kier alpha value is -1.46. The van der Waals surface area contributed by atoms with Crippen LogP contribution in [0.25, 0.3) is 0 Å². The fraction of sp³-hybridized carbons (Fsp3) is 0.500. The van der Waals surface area contributed by atoms with Crippen LogP contribution in [-0.4, -0.2) is 32.2 Å². The predicted molar refractivity (Wildman–Crippen MR) is 81.6 cm³/mol. The highest BCUT2D eigenvalue weighted by atomic mass is 35.5. The van der Waals surface area contributed by atoms with E-state index in [0.717, 1.165) is 5.75 Å². The minimum absolute atomic E-state index is 0. The molecule has 0 saturated carbocycles. The summed E-state index contributed by atoms with van der Waals surface area (Å²) >= 11 is 0. The minimum atomic E-state index is -0.144. The van der Waals surface area contributed by atoms with Crippen molar-refractivity contribution in [3.8, 4) is 11.5 Å². The van der Waals surface area contributed by atoms with Crippen LogP contribution in [-0.2, 0) is 4.79 Å². The third-order valence-electron chi connectivity index (χ3n) is 2.55. The second-order valence-electron chi connectivity index (χ2n) is 4.34. The zero-order valence-electron chi connectivity index (χ0n) is 11.9. The molecule has 1 aromatic carbocycles. The average molecular weight is 303 g/mol. The zero-order valence-corrected chi connectivity index (χ0v) is 12.7. The molecule has 3 N–H and O–H groups in total. The van der Waals surface area contributed by atoms with Crippen LogP contribution >= 0.6 is 12.4 Å². The smallest absolute Gasteiger partial charge is 0.257 e. The maximum absolute atomic E-state index is 11.5. The number of hydrogen-bond acceptors (Lipinski definition) is 4. The number of hydrogen-bond donors (Lipinski definition) is 2. The number of nitrogens with one attached hydrogen (secondary N) is 1. The number of halogens is 1. The summed E-state index contributed by atoms with van der Waals surface area (Å²) in [4.78, 5) is 11.5. The molecule has 0 spiro atoms. The third-order valence-corrected chi connectivity index (χ3v) is 2.55. The van der Waals surface area contributed by atoms with Crippen molar-refractivity contribution in [2.45, 2.75) is 13.8 Å². The first-order valence-electron chi connectivity index (χ1n) is 6.48. The van der Waals surface area contributed by atoms with E-state index in [1.165, 1.54) is 0 Å². The molecule has 1 amide bonds. The number of carbonyl (C=O) groups is 1. The van der Waals surface area contributed by atoms with E-state index < -0.39 is 0 Å². The molecule has 1 unspecified atom stereocenters. The maximum Gasteiger partial charge on any atom is 0.257 e. The van der Waals surface area contributed by atoms with Crippen LogP contribution in [0, 0.1) is 5.92 Å². The van der Waals surface area contributed by atoms with E-state index in [1.54, 1.807) is 12.1 Å². The van der Waals surface area contributed by atoms with E-state index in [9.17, 15) is 4.79 Å². The molecule has 20 heavy (non-hydrogen) atoms. The van der Waals surface area contributed by atoms with Crippen molar-refractivity contribution < 1.29 is 14.3 Å². The predicted octanol–water partition coefficient (Wildman–Crippen LogP) is 1.60. The van der Waals surface area contributed by atoms with Gasteiger partial charge in [0.1, 0.15) is 11.5 Å². The Balaban J connectivity index is 0.00000361. The number of rotatable bonds is 8. The molecule has 0 aliphatic carbocycles. The molecule has 0 aliphatic heterocycles. The molecular weight excluding hydrogens is 280 g/mol. The molecule has 6 heteroatoms. The van der Waals surface area contributed by atoms with Crippen molar-refractivity contribution in [2.75, 3.05) is 26.3 Å². The highest BCUT2D eigenvalue weighted by Gasteiger charge is 2.05. The molecule has 5 nitrogen and oxygen atoms in total. The van der Waals surface area contributed by atoms with Gasteiger partial charge in [0.15, 0.2) is 6.61 Å². The van der Waals surface area contributed by atoms with Crippen LogP contribution in [0.1, 0.15) is 13.8 Å². The highest BCUT2D eigenvalue weighted by Crippen LogP contribution is 2.17. The van der Waals surface area contributed by atoms with Gasteiger partial charge in [-0.05, 0) is 43.7 Å². The summed E-state index contributed by atoms with van der Waals surface area (Å²) in [6, 6.07) is 7.18. The molecular formula is C14H23ClN2O3. The Bertz CT molecular complexity index is 385. The van der Waals surface area contributed by atoms with Gasteiger partial charge in [-0.2, -0.15) is 0 Å². The van der Waals surface area contributed by atoms with Crippen molar-refractivity contribution in [2.24, 2.45) is 11.7 Å². The van der Waals surface area contributed by atoms with Gasteiger partial charge in [0.2, 0.25) is 0 Å². The quantitative estimate of drug-likeness (QED) is 0.765. The summed E-state index contributed by atoms with van der Waals surface area (Å²) < 4.78 is 10.7. The van der Waals surface area contributed by atoms with E-state index in [4.69, 9.17) is 15.2 Å². The summed E-state index contributed by atoms with van der Waals surface area (Å²) in [6.45, 7) is 5.67. The van der Waals surface area contributed by atoms with Crippen LogP contribution < -0.4 is 20.5 Å². The van der Waals surface area contributed by atoms with E-state index in [0.29, 0.717) is 25.4 Å². The summed E-state index contributed by atoms with van der Waals surface area (Å²) in [5.74, 6) is 1.56. The number of benzene rings is 1. The topological polar surface area (TPSA) is 73.6 Å². The largest absolute Gasteiger partial charge is 0.494 e. The number of nitrogens with two attached hydrogens (primary N) is 1. The Kier molecular flexibility index (Phi) is 9.59. The molecule has 0 heterocycles. The highest BCUT2D eigenvalue weighted by molar-refractivity contribution is 5.85. The molecule has 0 aliphatic rings. The van der Waals surface area contributed by atoms with Crippen LogP contribution in [0.15, 0.2) is 24.3 Å². The Labute approximate surface area is 126 Å². The summed E-state index contributed by atoms with van der Waals surface area (Å²) in [5, 5.41) is 2.77. The molecule has 114 valence electrons. The SMILES string of the molecule is CCOc1ccc(OCC(=O)NCC(C)CN)cc1.Cl. The first-order chi connectivity index (χ1) is 9.15. The van der Waals surface area contributed by atoms with Gasteiger partial charge in [0.25, 0.3) is 5.91 Å². The van der Waals surface area contributed by atoms with E-state index in [-0.39, 0.29) is 30.8 Å². The van der Waals surface area contributed by atoms with Gasteiger partial charge in [-0.3, -0.25) is 4.79 Å². The molecule has 1 rings (SSSR count). The Morgan fingerprint density at radius 2 is 1.80 bits per heavy atom. The molecule has 0 fully saturated rings. The maximum atomic E-state index is 11.5. The monoisotopic (exact) mass is 302 g/mol. The summed E-state index contributed by atoms with van der Waals surface area (Å²) in [6.07, 6.45) is 0. The average Bonchev–Trinajstić information content (AvgIpc) is 2.44. The van der Waals surface area contributed by atoms with E-state index in [1.807, 2.05) is 26.0 Å². The first-order valence-corrected chi connectivity index (χ1v) is 6.48. The van der Waals surface area contributed by atoms with Gasteiger partial charge in [-0.15, -0.1) is 12.4 Å². The van der Waals surface area contributed by atoms with Gasteiger partial charge in [-0.1, -0.05) is 6.92 Å². The third kappa shape index (κ3) is 7.21. The normalized spacial score (nSPS) is 11.2. The zero-order chi connectivity index (χ0) is 14.1. The molecule has 0 aromatic heterocycles. The number of carbonyl (C=O) groups excluding carboxylic acids is 1. The minimum Gasteiger partial charge on any atom is -0.494 e. The van der Waals surface area contributed by atoms with Gasteiger partial charge in [-0.25, -0.2) is 0 Å². The summed E-state index contributed by atoms with van der Waals surface area (Å²) in [5.41, 5.74) is 5.47. The van der Waals surface area contributed by atoms with E-state index in [2.05, 4.69) is 5.32 Å². The molecule has 1 atom stereocenters. The lowest BCUT2D eigenvalue weighted by molar-refractivity contribution is -0.123. The number of ether oxygens (including phenoxy) is 2. The molecule has 0 radical (unpaired) electrons.